The van der Waals surface area contributed by atoms with Crippen LogP contribution in [-0.4, -0.2) is 57.2 Å². The van der Waals surface area contributed by atoms with Crippen molar-refractivity contribution in [1.29, 1.82) is 0 Å². The van der Waals surface area contributed by atoms with Gasteiger partial charge in [-0.25, -0.2) is 21.6 Å². The minimum atomic E-state index is -3.99. The third kappa shape index (κ3) is 5.96. The lowest BCUT2D eigenvalue weighted by atomic mass is 9.84. The van der Waals surface area contributed by atoms with E-state index in [9.17, 15) is 31.5 Å². The van der Waals surface area contributed by atoms with Gasteiger partial charge in [0.25, 0.3) is 10.0 Å². The number of likely N-dealkylation sites (N-methyl/N-ethyl adjacent to an activating group) is 1. The predicted octanol–water partition coefficient (Wildman–Crippen LogP) is 4.00. The highest BCUT2D eigenvalue weighted by molar-refractivity contribution is 7.92. The second-order valence-electron chi connectivity index (χ2n) is 10.1. The molecule has 2 aliphatic rings. The number of aliphatic hydroxyl groups excluding tert-OH is 1. The number of sulfonamides is 2. The maximum atomic E-state index is 13.3. The van der Waals surface area contributed by atoms with E-state index in [1.54, 1.807) is 67.6 Å². The van der Waals surface area contributed by atoms with Gasteiger partial charge in [-0.05, 0) is 60.7 Å². The lowest BCUT2D eigenvalue weighted by Gasteiger charge is -2.30. The molecule has 5 rings (SSSR count). The fraction of sp³-hybridized carbons (Fsp3) is 0.267. The first-order valence-electron chi connectivity index (χ1n) is 13.4. The highest BCUT2D eigenvalue weighted by Crippen LogP contribution is 2.49. The van der Waals surface area contributed by atoms with Gasteiger partial charge in [0.2, 0.25) is 15.8 Å². The van der Waals surface area contributed by atoms with Gasteiger partial charge in [0.15, 0.2) is 11.9 Å². The molecule has 0 aromatic heterocycles. The molecule has 2 atom stereocenters. The second kappa shape index (κ2) is 11.7. The Morgan fingerprint density at radius 1 is 0.905 bits per heavy atom. The van der Waals surface area contributed by atoms with E-state index < -0.39 is 56.1 Å². The molecule has 3 aromatic carbocycles. The Morgan fingerprint density at radius 3 is 2.12 bits per heavy atom. The lowest BCUT2D eigenvalue weighted by Crippen LogP contribution is -2.46. The smallest absolute Gasteiger partial charge is 0.339 e. The summed E-state index contributed by atoms with van der Waals surface area (Å²) >= 11 is 0. The monoisotopic (exact) mass is 610 g/mol. The normalized spacial score (nSPS) is 18.6. The maximum Gasteiger partial charge on any atom is 0.339 e. The topological polar surface area (TPSA) is 147 Å². The van der Waals surface area contributed by atoms with Crippen molar-refractivity contribution < 1.29 is 36.3 Å². The number of hydrogen-bond acceptors (Lipinski definition) is 8. The summed E-state index contributed by atoms with van der Waals surface area (Å²) in [4.78, 5) is 26.7. The SMILES string of the molecule is CCN(CC1OC(=O)C(C(c2cccc(NS(=O)(=O)c3ccccc3)c2)C2CC2)=C(O)C1=O)S(=O)(=O)c1ccccc1. The summed E-state index contributed by atoms with van der Waals surface area (Å²) < 4.78 is 61.0. The first kappa shape index (κ1) is 29.5. The zero-order chi connectivity index (χ0) is 30.1. The molecule has 0 spiro atoms. The molecule has 0 saturated heterocycles. The van der Waals surface area contributed by atoms with E-state index in [1.807, 2.05) is 0 Å². The number of esters is 1. The average Bonchev–Trinajstić information content (AvgIpc) is 3.82. The number of ketones is 1. The summed E-state index contributed by atoms with van der Waals surface area (Å²) in [5.41, 5.74) is 0.563. The molecular weight excluding hydrogens is 580 g/mol. The van der Waals surface area contributed by atoms with Gasteiger partial charge in [-0.3, -0.25) is 9.52 Å². The first-order chi connectivity index (χ1) is 20.0. The third-order valence-electron chi connectivity index (χ3n) is 7.31. The molecule has 3 aromatic rings. The van der Waals surface area contributed by atoms with E-state index in [-0.39, 0.29) is 33.5 Å². The molecular formula is C30H30N2O8S2. The fourth-order valence-corrected chi connectivity index (χ4v) is 7.60. The van der Waals surface area contributed by atoms with Crippen molar-refractivity contribution in [2.24, 2.45) is 5.92 Å². The summed E-state index contributed by atoms with van der Waals surface area (Å²) in [7, 11) is -7.87. The van der Waals surface area contributed by atoms with Gasteiger partial charge >= 0.3 is 5.97 Å². The van der Waals surface area contributed by atoms with Crippen molar-refractivity contribution in [1.82, 2.24) is 4.31 Å². The Kier molecular flexibility index (Phi) is 8.22. The number of hydrogen-bond donors (Lipinski definition) is 2. The van der Waals surface area contributed by atoms with E-state index in [4.69, 9.17) is 4.74 Å². The first-order valence-corrected chi connectivity index (χ1v) is 16.4. The van der Waals surface area contributed by atoms with Crippen molar-refractivity contribution in [2.45, 2.75) is 41.6 Å². The van der Waals surface area contributed by atoms with Crippen molar-refractivity contribution in [3.8, 4) is 0 Å². The minimum Gasteiger partial charge on any atom is -0.504 e. The highest BCUT2D eigenvalue weighted by Gasteiger charge is 2.46. The van der Waals surface area contributed by atoms with E-state index in [1.165, 1.54) is 24.3 Å². The van der Waals surface area contributed by atoms with Crippen LogP contribution >= 0.6 is 0 Å². The van der Waals surface area contributed by atoms with E-state index in [2.05, 4.69) is 4.72 Å². The molecule has 2 N–H and O–H groups in total. The van der Waals surface area contributed by atoms with Crippen molar-refractivity contribution >= 4 is 37.5 Å². The minimum absolute atomic E-state index is 0.00622. The van der Waals surface area contributed by atoms with Crippen LogP contribution in [0.2, 0.25) is 0 Å². The number of cyclic esters (lactones) is 1. The molecule has 1 aliphatic heterocycles. The van der Waals surface area contributed by atoms with Crippen LogP contribution in [0.5, 0.6) is 0 Å². The second-order valence-corrected chi connectivity index (χ2v) is 13.8. The van der Waals surface area contributed by atoms with Crippen LogP contribution in [0.4, 0.5) is 5.69 Å². The number of carbonyl (C=O) groups excluding carboxylic acids is 2. The van der Waals surface area contributed by atoms with E-state index in [0.29, 0.717) is 5.56 Å². The van der Waals surface area contributed by atoms with Crippen LogP contribution in [0, 0.1) is 5.92 Å². The van der Waals surface area contributed by atoms with Crippen LogP contribution in [0.1, 0.15) is 31.2 Å². The number of nitrogens with zero attached hydrogens (tertiary/aromatic N) is 1. The number of ether oxygens (including phenoxy) is 1. The standard InChI is InChI=1S/C30H30N2O8S2/c1-2-32(42(38,39)24-14-7-4-8-15-24)19-25-28(33)29(34)27(30(35)40-25)26(20-16-17-20)21-10-9-11-22(18-21)31-41(36,37)23-12-5-3-6-13-23/h3-15,18,20,25-26,31,34H,2,16-17,19H2,1H3. The Balaban J connectivity index is 1.42. The third-order valence-corrected chi connectivity index (χ3v) is 10.7. The Hall–Kier alpha value is -4.00. The summed E-state index contributed by atoms with van der Waals surface area (Å²) in [6.45, 7) is 1.14. The van der Waals surface area contributed by atoms with Gasteiger partial charge in [-0.1, -0.05) is 55.5 Å². The molecule has 42 heavy (non-hydrogen) atoms. The molecule has 2 unspecified atom stereocenters. The Morgan fingerprint density at radius 2 is 1.52 bits per heavy atom. The van der Waals surface area contributed by atoms with Crippen molar-refractivity contribution in [3.63, 3.8) is 0 Å². The summed E-state index contributed by atoms with van der Waals surface area (Å²) in [6, 6.07) is 22.0. The quantitative estimate of drug-likeness (QED) is 0.310. The molecule has 0 radical (unpaired) electrons. The number of Topliss-reactive ketones (excluding diaryl/α,β-unsaturated/α-hetero) is 1. The number of benzene rings is 3. The summed E-state index contributed by atoms with van der Waals surface area (Å²) in [5.74, 6) is -3.38. The maximum absolute atomic E-state index is 13.3. The average molecular weight is 611 g/mol. The number of nitrogens with one attached hydrogen (secondary N) is 1. The van der Waals surface area contributed by atoms with Crippen molar-refractivity contribution in [2.75, 3.05) is 17.8 Å². The molecule has 1 fully saturated rings. The van der Waals surface area contributed by atoms with Gasteiger partial charge in [-0.2, -0.15) is 4.31 Å². The zero-order valence-electron chi connectivity index (χ0n) is 22.7. The number of anilines is 1. The van der Waals surface area contributed by atoms with Crippen molar-refractivity contribution in [3.05, 3.63) is 102 Å². The van der Waals surface area contributed by atoms with Gasteiger partial charge in [0.05, 0.1) is 21.9 Å². The number of carbonyl (C=O) groups is 2. The predicted molar refractivity (Wildman–Crippen MR) is 155 cm³/mol. The zero-order valence-corrected chi connectivity index (χ0v) is 24.3. The van der Waals surface area contributed by atoms with Crippen LogP contribution in [0.25, 0.3) is 0 Å². The number of rotatable bonds is 11. The molecule has 0 amide bonds. The van der Waals surface area contributed by atoms with Crippen LogP contribution in [0.15, 0.2) is 106 Å². The van der Waals surface area contributed by atoms with Crippen LogP contribution < -0.4 is 4.72 Å². The summed E-state index contributed by atoms with van der Waals surface area (Å²) in [6.07, 6.45) is -0.0696. The van der Waals surface area contributed by atoms with Gasteiger partial charge in [-0.15, -0.1) is 0 Å². The Labute approximate surface area is 244 Å². The van der Waals surface area contributed by atoms with E-state index in [0.717, 1.165) is 17.1 Å². The molecule has 1 heterocycles. The largest absolute Gasteiger partial charge is 0.504 e. The van der Waals surface area contributed by atoms with Gasteiger partial charge in [0, 0.05) is 18.2 Å². The molecule has 12 heteroatoms. The molecule has 0 bridgehead atoms. The van der Waals surface area contributed by atoms with Gasteiger partial charge < -0.3 is 9.84 Å². The molecule has 10 nitrogen and oxygen atoms in total. The van der Waals surface area contributed by atoms with Gasteiger partial charge in [0.1, 0.15) is 0 Å². The lowest BCUT2D eigenvalue weighted by molar-refractivity contribution is -0.155. The molecule has 1 aliphatic carbocycles. The fourth-order valence-electron chi connectivity index (χ4n) is 5.06. The summed E-state index contributed by atoms with van der Waals surface area (Å²) in [5, 5.41) is 11.0. The van der Waals surface area contributed by atoms with E-state index >= 15 is 0 Å². The number of aliphatic hydroxyl groups is 1. The van der Waals surface area contributed by atoms with Crippen LogP contribution in [-0.2, 0) is 34.4 Å². The molecule has 1 saturated carbocycles. The Bertz CT molecular complexity index is 1740. The molecule has 220 valence electrons. The van der Waals surface area contributed by atoms with Crippen LogP contribution in [0.3, 0.4) is 0 Å². The highest BCUT2D eigenvalue weighted by atomic mass is 32.2.